The van der Waals surface area contributed by atoms with E-state index in [4.69, 9.17) is 5.84 Å². The molecule has 0 aliphatic carbocycles. The highest BCUT2D eigenvalue weighted by molar-refractivity contribution is 5.44. The first kappa shape index (κ1) is 13.2. The van der Waals surface area contributed by atoms with Gasteiger partial charge in [0.25, 0.3) is 0 Å². The van der Waals surface area contributed by atoms with Crippen molar-refractivity contribution in [1.29, 1.82) is 0 Å². The van der Waals surface area contributed by atoms with Gasteiger partial charge in [-0.25, -0.2) is 10.8 Å². The zero-order valence-corrected chi connectivity index (χ0v) is 11.2. The molecule has 2 rings (SSSR count). The number of aromatic nitrogens is 3. The highest BCUT2D eigenvalue weighted by Gasteiger charge is 2.09. The lowest BCUT2D eigenvalue weighted by Crippen LogP contribution is -2.24. The van der Waals surface area contributed by atoms with Crippen LogP contribution in [-0.4, -0.2) is 21.5 Å². The predicted molar refractivity (Wildman–Crippen MR) is 75.5 cm³/mol. The fourth-order valence-corrected chi connectivity index (χ4v) is 1.82. The van der Waals surface area contributed by atoms with E-state index in [2.05, 4.69) is 32.2 Å². The van der Waals surface area contributed by atoms with Crippen LogP contribution in [0.15, 0.2) is 30.5 Å². The van der Waals surface area contributed by atoms with Crippen molar-refractivity contribution in [3.8, 4) is 0 Å². The van der Waals surface area contributed by atoms with Gasteiger partial charge in [-0.1, -0.05) is 6.07 Å². The monoisotopic (exact) mass is 258 g/mol. The van der Waals surface area contributed by atoms with Gasteiger partial charge < -0.3 is 4.90 Å². The van der Waals surface area contributed by atoms with E-state index in [0.29, 0.717) is 12.5 Å². The number of nitrogen functional groups attached to an aromatic ring is 1. The van der Waals surface area contributed by atoms with Gasteiger partial charge in [-0.3, -0.25) is 10.4 Å². The summed E-state index contributed by atoms with van der Waals surface area (Å²) in [5.74, 6) is 6.64. The van der Waals surface area contributed by atoms with Gasteiger partial charge >= 0.3 is 0 Å². The molecule has 2 aromatic heterocycles. The Kier molecular flexibility index (Phi) is 4.25. The normalized spacial score (nSPS) is 10.3. The number of nitrogens with two attached hydrogens (primary N) is 1. The topological polar surface area (TPSA) is 80.0 Å². The molecule has 6 nitrogen and oxygen atoms in total. The van der Waals surface area contributed by atoms with Crippen molar-refractivity contribution in [3.05, 3.63) is 41.9 Å². The van der Waals surface area contributed by atoms with Gasteiger partial charge in [-0.15, -0.1) is 0 Å². The van der Waals surface area contributed by atoms with Crippen LogP contribution in [0.4, 0.5) is 11.8 Å². The van der Waals surface area contributed by atoms with Crippen molar-refractivity contribution in [2.24, 2.45) is 5.84 Å². The number of hydrazine groups is 1. The van der Waals surface area contributed by atoms with Gasteiger partial charge in [-0.05, 0) is 26.0 Å². The molecule has 2 heterocycles. The fourth-order valence-electron chi connectivity index (χ4n) is 1.82. The molecule has 0 spiro atoms. The summed E-state index contributed by atoms with van der Waals surface area (Å²) in [7, 11) is 0. The highest BCUT2D eigenvalue weighted by Crippen LogP contribution is 2.16. The van der Waals surface area contributed by atoms with Crippen LogP contribution in [0.2, 0.25) is 0 Å². The Labute approximate surface area is 112 Å². The highest BCUT2D eigenvalue weighted by atomic mass is 15.3. The molecule has 0 bridgehead atoms. The van der Waals surface area contributed by atoms with Crippen LogP contribution >= 0.6 is 0 Å². The Bertz CT molecular complexity index is 528. The Morgan fingerprint density at radius 1 is 1.32 bits per heavy atom. The van der Waals surface area contributed by atoms with E-state index in [1.54, 1.807) is 6.20 Å². The molecule has 3 N–H and O–H groups in total. The van der Waals surface area contributed by atoms with E-state index < -0.39 is 0 Å². The molecule has 6 heteroatoms. The first-order valence-corrected chi connectivity index (χ1v) is 6.20. The van der Waals surface area contributed by atoms with Crippen LogP contribution in [0, 0.1) is 6.92 Å². The van der Waals surface area contributed by atoms with Crippen molar-refractivity contribution in [2.75, 3.05) is 16.9 Å². The summed E-state index contributed by atoms with van der Waals surface area (Å²) in [5.41, 5.74) is 4.36. The Morgan fingerprint density at radius 2 is 2.16 bits per heavy atom. The van der Waals surface area contributed by atoms with Gasteiger partial charge in [0.15, 0.2) is 0 Å². The average molecular weight is 258 g/mol. The third-order valence-electron chi connectivity index (χ3n) is 2.75. The molecule has 0 saturated carbocycles. The van der Waals surface area contributed by atoms with Gasteiger partial charge in [-0.2, -0.15) is 4.98 Å². The summed E-state index contributed by atoms with van der Waals surface area (Å²) in [6, 6.07) is 7.82. The number of anilines is 2. The molecular weight excluding hydrogens is 240 g/mol. The van der Waals surface area contributed by atoms with Crippen LogP contribution in [0.1, 0.15) is 18.3 Å². The van der Waals surface area contributed by atoms with Gasteiger partial charge in [0, 0.05) is 24.5 Å². The molecule has 19 heavy (non-hydrogen) atoms. The van der Waals surface area contributed by atoms with Crippen LogP contribution in [-0.2, 0) is 6.54 Å². The number of rotatable bonds is 5. The summed E-state index contributed by atoms with van der Waals surface area (Å²) >= 11 is 0. The molecule has 0 radical (unpaired) electrons. The predicted octanol–water partition coefficient (Wildman–Crippen LogP) is 1.49. The lowest BCUT2D eigenvalue weighted by atomic mass is 10.3. The minimum absolute atomic E-state index is 0.425. The summed E-state index contributed by atoms with van der Waals surface area (Å²) in [6.07, 6.45) is 1.79. The smallest absolute Gasteiger partial charge is 0.239 e. The number of aryl methyl sites for hydroxylation is 1. The molecule has 0 aromatic carbocycles. The lowest BCUT2D eigenvalue weighted by molar-refractivity contribution is 0.789. The van der Waals surface area contributed by atoms with Crippen molar-refractivity contribution in [1.82, 2.24) is 15.0 Å². The fraction of sp³-hybridized carbons (Fsp3) is 0.308. The number of nitrogens with zero attached hydrogens (tertiary/aromatic N) is 4. The van der Waals surface area contributed by atoms with Crippen molar-refractivity contribution in [2.45, 2.75) is 20.4 Å². The number of pyridine rings is 1. The Morgan fingerprint density at radius 3 is 2.79 bits per heavy atom. The van der Waals surface area contributed by atoms with Crippen LogP contribution in [0.5, 0.6) is 0 Å². The third-order valence-corrected chi connectivity index (χ3v) is 2.75. The van der Waals surface area contributed by atoms with E-state index >= 15 is 0 Å². The molecule has 0 unspecified atom stereocenters. The standard InChI is InChI=1S/C13H18N6/c1-3-19(9-11-6-4-5-7-15-11)12-8-10(2)16-13(17-12)18-14/h4-8H,3,9,14H2,1-2H3,(H,16,17,18). The van der Waals surface area contributed by atoms with Crippen molar-refractivity contribution < 1.29 is 0 Å². The van der Waals surface area contributed by atoms with E-state index in [1.807, 2.05) is 31.2 Å². The largest absolute Gasteiger partial charge is 0.351 e. The second-order valence-electron chi connectivity index (χ2n) is 4.17. The Hall–Kier alpha value is -2.21. The zero-order chi connectivity index (χ0) is 13.7. The minimum atomic E-state index is 0.425. The van der Waals surface area contributed by atoms with Gasteiger partial charge in [0.2, 0.25) is 5.95 Å². The van der Waals surface area contributed by atoms with Crippen molar-refractivity contribution in [3.63, 3.8) is 0 Å². The van der Waals surface area contributed by atoms with Crippen LogP contribution in [0.25, 0.3) is 0 Å². The van der Waals surface area contributed by atoms with Crippen LogP contribution < -0.4 is 16.2 Å². The molecule has 2 aromatic rings. The molecule has 0 aliphatic heterocycles. The van der Waals surface area contributed by atoms with Gasteiger partial charge in [0.1, 0.15) is 5.82 Å². The second-order valence-corrected chi connectivity index (χ2v) is 4.17. The number of hydrogen-bond acceptors (Lipinski definition) is 6. The van der Waals surface area contributed by atoms with E-state index in [-0.39, 0.29) is 0 Å². The van der Waals surface area contributed by atoms with E-state index in [9.17, 15) is 0 Å². The first-order chi connectivity index (χ1) is 9.22. The van der Waals surface area contributed by atoms with Crippen molar-refractivity contribution >= 4 is 11.8 Å². The third kappa shape index (κ3) is 3.38. The lowest BCUT2D eigenvalue weighted by Gasteiger charge is -2.22. The number of hydrogen-bond donors (Lipinski definition) is 2. The summed E-state index contributed by atoms with van der Waals surface area (Å²) in [6.45, 7) is 5.53. The molecule has 0 aliphatic rings. The maximum absolute atomic E-state index is 5.38. The Balaban J connectivity index is 2.24. The number of nitrogens with one attached hydrogen (secondary N) is 1. The quantitative estimate of drug-likeness (QED) is 0.625. The van der Waals surface area contributed by atoms with E-state index in [1.165, 1.54) is 0 Å². The SMILES string of the molecule is CCN(Cc1ccccn1)c1cc(C)nc(NN)n1. The first-order valence-electron chi connectivity index (χ1n) is 6.20. The molecule has 0 amide bonds. The zero-order valence-electron chi connectivity index (χ0n) is 11.2. The minimum Gasteiger partial charge on any atom is -0.351 e. The summed E-state index contributed by atoms with van der Waals surface area (Å²) < 4.78 is 0. The molecule has 0 saturated heterocycles. The van der Waals surface area contributed by atoms with Crippen LogP contribution in [0.3, 0.4) is 0 Å². The molecule has 0 fully saturated rings. The summed E-state index contributed by atoms with van der Waals surface area (Å²) in [4.78, 5) is 15.0. The molecular formula is C13H18N6. The summed E-state index contributed by atoms with van der Waals surface area (Å²) in [5, 5.41) is 0. The second kappa shape index (κ2) is 6.10. The average Bonchev–Trinajstić information content (AvgIpc) is 2.45. The maximum atomic E-state index is 5.38. The molecule has 100 valence electrons. The maximum Gasteiger partial charge on any atom is 0.239 e. The van der Waals surface area contributed by atoms with Gasteiger partial charge in [0.05, 0.1) is 12.2 Å². The molecule has 0 atom stereocenters. The van der Waals surface area contributed by atoms with E-state index in [0.717, 1.165) is 23.8 Å².